The van der Waals surface area contributed by atoms with Crippen LogP contribution in [0.25, 0.3) is 4.96 Å². The van der Waals surface area contributed by atoms with E-state index >= 15 is 0 Å². The van der Waals surface area contributed by atoms with Gasteiger partial charge in [-0.25, -0.2) is 4.98 Å². The highest BCUT2D eigenvalue weighted by molar-refractivity contribution is 7.17. The molecule has 0 unspecified atom stereocenters. The topological polar surface area (TPSA) is 60.7 Å². The zero-order chi connectivity index (χ0) is 14.8. The highest BCUT2D eigenvalue weighted by Gasteiger charge is 2.25. The van der Waals surface area contributed by atoms with E-state index in [9.17, 15) is 9.59 Å². The summed E-state index contributed by atoms with van der Waals surface area (Å²) in [5, 5.41) is 0. The third-order valence-corrected chi connectivity index (χ3v) is 4.90. The fourth-order valence-corrected chi connectivity index (χ4v) is 3.95. The Labute approximate surface area is 126 Å². The molecule has 1 aliphatic carbocycles. The van der Waals surface area contributed by atoms with Crippen molar-refractivity contribution in [3.8, 4) is 0 Å². The van der Waals surface area contributed by atoms with Crippen LogP contribution in [0.3, 0.4) is 0 Å². The number of aromatic nitrogens is 2. The molecule has 0 radical (unpaired) electrons. The number of carbonyl (C=O) groups excluding carboxylic acids is 2. The van der Waals surface area contributed by atoms with Gasteiger partial charge in [0.2, 0.25) is 0 Å². The Hall–Kier alpha value is -1.69. The molecule has 1 aliphatic rings. The predicted molar refractivity (Wildman–Crippen MR) is 80.0 cm³/mol. The summed E-state index contributed by atoms with van der Waals surface area (Å²) in [5.74, 6) is 0.163. The predicted octanol–water partition coefficient (Wildman–Crippen LogP) is 2.97. The minimum absolute atomic E-state index is 0.235. The molecule has 3 rings (SSSR count). The largest absolute Gasteiger partial charge is 0.466 e. The number of carbonyl (C=O) groups is 2. The van der Waals surface area contributed by atoms with Gasteiger partial charge in [0.1, 0.15) is 5.69 Å². The van der Waals surface area contributed by atoms with Gasteiger partial charge >= 0.3 is 5.97 Å². The normalized spacial score (nSPS) is 15.7. The average molecular weight is 306 g/mol. The summed E-state index contributed by atoms with van der Waals surface area (Å²) in [6, 6.07) is 0. The molecule has 0 atom stereocenters. The fourth-order valence-electron chi connectivity index (χ4n) is 2.98. The van der Waals surface area contributed by atoms with Gasteiger partial charge < -0.3 is 4.74 Å². The van der Waals surface area contributed by atoms with Crippen LogP contribution in [0, 0.1) is 0 Å². The Morgan fingerprint density at radius 1 is 1.52 bits per heavy atom. The van der Waals surface area contributed by atoms with E-state index in [1.54, 1.807) is 6.92 Å². The Bertz CT molecular complexity index is 668. The molecule has 2 heterocycles. The molecule has 0 aromatic carbocycles. The number of ether oxygens (including phenoxy) is 1. The van der Waals surface area contributed by atoms with Gasteiger partial charge in [-0.3, -0.25) is 14.0 Å². The van der Waals surface area contributed by atoms with Crippen LogP contribution in [0.2, 0.25) is 0 Å². The number of fused-ring (bicyclic) bond motifs is 1. The molecule has 0 spiro atoms. The maximum Gasteiger partial charge on any atom is 0.311 e. The van der Waals surface area contributed by atoms with Crippen molar-refractivity contribution in [3.05, 3.63) is 22.5 Å². The first-order valence-corrected chi connectivity index (χ1v) is 8.16. The van der Waals surface area contributed by atoms with Crippen LogP contribution in [-0.4, -0.2) is 28.2 Å². The van der Waals surface area contributed by atoms with Gasteiger partial charge in [0.05, 0.1) is 18.7 Å². The molecule has 21 heavy (non-hydrogen) atoms. The maximum absolute atomic E-state index is 11.5. The number of imidazole rings is 1. The molecule has 1 fully saturated rings. The molecule has 112 valence electrons. The molecule has 0 N–H and O–H groups in total. The summed E-state index contributed by atoms with van der Waals surface area (Å²) in [6.07, 6.45) is 7.60. The second-order valence-corrected chi connectivity index (χ2v) is 6.41. The number of rotatable bonds is 5. The fraction of sp³-hybridized carbons (Fsp3) is 0.533. The van der Waals surface area contributed by atoms with Gasteiger partial charge in [0, 0.05) is 17.0 Å². The van der Waals surface area contributed by atoms with Crippen LogP contribution < -0.4 is 0 Å². The molecule has 2 aromatic rings. The zero-order valence-electron chi connectivity index (χ0n) is 12.0. The Morgan fingerprint density at radius 3 is 2.95 bits per heavy atom. The van der Waals surface area contributed by atoms with Gasteiger partial charge in [0.25, 0.3) is 0 Å². The van der Waals surface area contributed by atoms with Gasteiger partial charge in [-0.05, 0) is 19.8 Å². The van der Waals surface area contributed by atoms with E-state index in [0.29, 0.717) is 18.2 Å². The highest BCUT2D eigenvalue weighted by Crippen LogP contribution is 2.36. The minimum atomic E-state index is -0.245. The molecule has 5 nitrogen and oxygen atoms in total. The molecule has 1 saturated carbocycles. The summed E-state index contributed by atoms with van der Waals surface area (Å²) < 4.78 is 6.77. The molecule has 0 bridgehead atoms. The number of hydrogen-bond acceptors (Lipinski definition) is 5. The van der Waals surface area contributed by atoms with Crippen LogP contribution >= 0.6 is 11.3 Å². The quantitative estimate of drug-likeness (QED) is 0.629. The lowest BCUT2D eigenvalue weighted by Gasteiger charge is -2.05. The van der Waals surface area contributed by atoms with Gasteiger partial charge in [-0.15, -0.1) is 11.3 Å². The smallest absolute Gasteiger partial charge is 0.311 e. The van der Waals surface area contributed by atoms with Crippen molar-refractivity contribution in [2.45, 2.75) is 44.9 Å². The molecular formula is C15H18N2O3S. The second kappa shape index (κ2) is 5.97. The van der Waals surface area contributed by atoms with Gasteiger partial charge in [0.15, 0.2) is 11.2 Å². The standard InChI is InChI=1S/C15H18N2O3S/c1-2-20-13(19)7-11-8-17-12(9-18)14(16-15(17)21-11)10-5-3-4-6-10/h8-10H,2-7H2,1H3. The molecule has 0 saturated heterocycles. The van der Waals surface area contributed by atoms with Crippen LogP contribution in [0.15, 0.2) is 6.20 Å². The summed E-state index contributed by atoms with van der Waals surface area (Å²) >= 11 is 1.45. The van der Waals surface area contributed by atoms with E-state index in [2.05, 4.69) is 4.98 Å². The first-order chi connectivity index (χ1) is 10.2. The van der Waals surface area contributed by atoms with E-state index in [-0.39, 0.29) is 12.4 Å². The SMILES string of the molecule is CCOC(=O)Cc1cn2c(C=O)c(C3CCCC3)nc2s1. The number of esters is 1. The first-order valence-electron chi connectivity index (χ1n) is 7.34. The second-order valence-electron chi connectivity index (χ2n) is 5.31. The van der Waals surface area contributed by atoms with E-state index < -0.39 is 0 Å². The lowest BCUT2D eigenvalue weighted by Crippen LogP contribution is -2.06. The van der Waals surface area contributed by atoms with Crippen molar-refractivity contribution >= 4 is 28.6 Å². The third-order valence-electron chi connectivity index (χ3n) is 3.92. The maximum atomic E-state index is 11.5. The van der Waals surface area contributed by atoms with Crippen LogP contribution in [-0.2, 0) is 16.0 Å². The molecule has 2 aromatic heterocycles. The van der Waals surface area contributed by atoms with E-state index in [4.69, 9.17) is 4.74 Å². The number of nitrogens with zero attached hydrogens (tertiary/aromatic N) is 2. The van der Waals surface area contributed by atoms with Crippen molar-refractivity contribution in [1.82, 2.24) is 9.38 Å². The van der Waals surface area contributed by atoms with Crippen molar-refractivity contribution < 1.29 is 14.3 Å². The molecule has 0 amide bonds. The monoisotopic (exact) mass is 306 g/mol. The van der Waals surface area contributed by atoms with Crippen LogP contribution in [0.4, 0.5) is 0 Å². The van der Waals surface area contributed by atoms with Crippen molar-refractivity contribution in [2.75, 3.05) is 6.61 Å². The Kier molecular flexibility index (Phi) is 4.05. The van der Waals surface area contributed by atoms with Crippen molar-refractivity contribution in [3.63, 3.8) is 0 Å². The average Bonchev–Trinajstić information content (AvgIpc) is 3.12. The Morgan fingerprint density at radius 2 is 2.29 bits per heavy atom. The minimum Gasteiger partial charge on any atom is -0.466 e. The molecule has 0 aliphatic heterocycles. The van der Waals surface area contributed by atoms with Gasteiger partial charge in [-0.1, -0.05) is 12.8 Å². The van der Waals surface area contributed by atoms with E-state index in [1.807, 2.05) is 10.6 Å². The van der Waals surface area contributed by atoms with Crippen molar-refractivity contribution in [2.24, 2.45) is 0 Å². The lowest BCUT2D eigenvalue weighted by molar-refractivity contribution is -0.142. The highest BCUT2D eigenvalue weighted by atomic mass is 32.1. The van der Waals surface area contributed by atoms with Crippen LogP contribution in [0.1, 0.15) is 59.6 Å². The third kappa shape index (κ3) is 2.72. The van der Waals surface area contributed by atoms with Crippen molar-refractivity contribution in [1.29, 1.82) is 0 Å². The first kappa shape index (κ1) is 14.3. The van der Waals surface area contributed by atoms with E-state index in [0.717, 1.165) is 34.7 Å². The zero-order valence-corrected chi connectivity index (χ0v) is 12.8. The molecule has 6 heteroatoms. The van der Waals surface area contributed by atoms with Gasteiger partial charge in [-0.2, -0.15) is 0 Å². The molecular weight excluding hydrogens is 288 g/mol. The number of aldehydes is 1. The van der Waals surface area contributed by atoms with Crippen LogP contribution in [0.5, 0.6) is 0 Å². The van der Waals surface area contributed by atoms with E-state index in [1.165, 1.54) is 24.2 Å². The summed E-state index contributed by atoms with van der Waals surface area (Å²) in [7, 11) is 0. The Balaban J connectivity index is 1.90. The number of hydrogen-bond donors (Lipinski definition) is 0. The number of thiazole rings is 1. The summed E-state index contributed by atoms with van der Waals surface area (Å²) in [5.41, 5.74) is 1.57. The summed E-state index contributed by atoms with van der Waals surface area (Å²) in [4.78, 5) is 29.3. The lowest BCUT2D eigenvalue weighted by atomic mass is 10.0. The summed E-state index contributed by atoms with van der Waals surface area (Å²) in [6.45, 7) is 2.17.